The standard InChI is InChI=1S/C26H44O5S3/c1-3-4-5-6-7-8-9-10-11-12-15-32-24(29)21-26(30-13-14-31-26)20-23(28)18-22(27)19-25(2)33-16-17-34-25/h18,27H,3-17,19-21H2,1-2H3/b22-18-. The van der Waals surface area contributed by atoms with Gasteiger partial charge in [0.25, 0.3) is 0 Å². The monoisotopic (exact) mass is 532 g/mol. The molecule has 2 saturated heterocycles. The molecule has 2 rings (SSSR count). The van der Waals surface area contributed by atoms with Crippen molar-refractivity contribution >= 4 is 46.2 Å². The van der Waals surface area contributed by atoms with Crippen LogP contribution in [0.25, 0.3) is 0 Å². The van der Waals surface area contributed by atoms with Crippen LogP contribution in [0.3, 0.4) is 0 Å². The van der Waals surface area contributed by atoms with E-state index >= 15 is 0 Å². The van der Waals surface area contributed by atoms with Crippen molar-refractivity contribution in [1.29, 1.82) is 0 Å². The third kappa shape index (κ3) is 12.2. The van der Waals surface area contributed by atoms with Crippen LogP contribution in [0.15, 0.2) is 11.8 Å². The summed E-state index contributed by atoms with van der Waals surface area (Å²) in [6.45, 7) is 5.10. The molecular weight excluding hydrogens is 488 g/mol. The maximum atomic E-state index is 12.6. The Morgan fingerprint density at radius 3 is 2.03 bits per heavy atom. The maximum absolute atomic E-state index is 12.6. The summed E-state index contributed by atoms with van der Waals surface area (Å²) in [5.74, 6) is 1.57. The number of aliphatic hydroxyl groups is 1. The molecule has 0 aromatic rings. The second-order valence-corrected chi connectivity index (χ2v) is 14.1. The highest BCUT2D eigenvalue weighted by Crippen LogP contribution is 2.47. The van der Waals surface area contributed by atoms with E-state index in [2.05, 4.69) is 13.8 Å². The van der Waals surface area contributed by atoms with Gasteiger partial charge >= 0.3 is 0 Å². The van der Waals surface area contributed by atoms with Crippen molar-refractivity contribution in [3.8, 4) is 0 Å². The Balaban J connectivity index is 1.64. The summed E-state index contributed by atoms with van der Waals surface area (Å²) in [6.07, 6.45) is 14.5. The van der Waals surface area contributed by atoms with Gasteiger partial charge in [-0.1, -0.05) is 76.5 Å². The molecule has 34 heavy (non-hydrogen) atoms. The Kier molecular flexibility index (Phi) is 14.7. The van der Waals surface area contributed by atoms with E-state index in [-0.39, 0.29) is 33.6 Å². The summed E-state index contributed by atoms with van der Waals surface area (Å²) in [6, 6.07) is 0. The summed E-state index contributed by atoms with van der Waals surface area (Å²) >= 11 is 4.95. The quantitative estimate of drug-likeness (QED) is 0.112. The number of unbranched alkanes of at least 4 members (excludes halogenated alkanes) is 9. The topological polar surface area (TPSA) is 72.8 Å². The normalized spacial score (nSPS) is 19.5. The summed E-state index contributed by atoms with van der Waals surface area (Å²) in [4.78, 5) is 25.2. The lowest BCUT2D eigenvalue weighted by Crippen LogP contribution is -2.35. The zero-order chi connectivity index (χ0) is 24.7. The van der Waals surface area contributed by atoms with Crippen LogP contribution < -0.4 is 0 Å². The zero-order valence-corrected chi connectivity index (χ0v) is 23.6. The third-order valence-corrected chi connectivity index (χ3v) is 10.4. The molecule has 1 N–H and O–H groups in total. The predicted octanol–water partition coefficient (Wildman–Crippen LogP) is 7.29. The number of ether oxygens (including phenoxy) is 2. The molecule has 2 aliphatic heterocycles. The molecule has 0 aromatic heterocycles. The Hall–Kier alpha value is -0.150. The molecule has 0 saturated carbocycles. The van der Waals surface area contributed by atoms with Crippen LogP contribution in [0.2, 0.25) is 0 Å². The van der Waals surface area contributed by atoms with E-state index in [9.17, 15) is 14.7 Å². The van der Waals surface area contributed by atoms with Gasteiger partial charge in [-0.3, -0.25) is 9.59 Å². The van der Waals surface area contributed by atoms with E-state index in [1.165, 1.54) is 69.2 Å². The van der Waals surface area contributed by atoms with Crippen LogP contribution in [0, 0.1) is 0 Å². The molecule has 0 amide bonds. The van der Waals surface area contributed by atoms with E-state index in [1.54, 1.807) is 0 Å². The number of carbonyl (C=O) groups excluding carboxylic acids is 2. The molecule has 2 heterocycles. The summed E-state index contributed by atoms with van der Waals surface area (Å²) < 4.78 is 11.4. The van der Waals surface area contributed by atoms with Crippen LogP contribution in [-0.2, 0) is 19.1 Å². The fourth-order valence-corrected chi connectivity index (χ4v) is 8.11. The van der Waals surface area contributed by atoms with Gasteiger partial charge in [0.1, 0.15) is 0 Å². The van der Waals surface area contributed by atoms with E-state index < -0.39 is 5.79 Å². The second kappa shape index (κ2) is 16.6. The van der Waals surface area contributed by atoms with Crippen molar-refractivity contribution in [2.24, 2.45) is 0 Å². The van der Waals surface area contributed by atoms with Crippen molar-refractivity contribution in [3.05, 3.63) is 11.8 Å². The maximum Gasteiger partial charge on any atom is 0.194 e. The van der Waals surface area contributed by atoms with E-state index in [1.807, 2.05) is 23.5 Å². The number of thioether (sulfide) groups is 3. The van der Waals surface area contributed by atoms with E-state index in [4.69, 9.17) is 9.47 Å². The Bertz CT molecular complexity index is 640. The summed E-state index contributed by atoms with van der Waals surface area (Å²) in [7, 11) is 0. The molecule has 0 atom stereocenters. The van der Waals surface area contributed by atoms with Crippen LogP contribution >= 0.6 is 35.3 Å². The zero-order valence-electron chi connectivity index (χ0n) is 21.1. The van der Waals surface area contributed by atoms with Gasteiger partial charge in [-0.05, 0) is 13.3 Å². The Labute approximate surface area is 219 Å². The van der Waals surface area contributed by atoms with Gasteiger partial charge in [0, 0.05) is 29.8 Å². The first-order valence-corrected chi connectivity index (χ1v) is 16.0. The summed E-state index contributed by atoms with van der Waals surface area (Å²) in [5.41, 5.74) is 0. The second-order valence-electron chi connectivity index (χ2n) is 9.47. The van der Waals surface area contributed by atoms with Gasteiger partial charge in [0.2, 0.25) is 0 Å². The molecule has 0 unspecified atom stereocenters. The number of ketones is 1. The molecule has 0 bridgehead atoms. The number of allylic oxidation sites excluding steroid dienone is 2. The van der Waals surface area contributed by atoms with Crippen molar-refractivity contribution in [2.75, 3.05) is 30.5 Å². The fourth-order valence-electron chi connectivity index (χ4n) is 4.35. The first-order chi connectivity index (χ1) is 16.4. The molecule has 196 valence electrons. The minimum atomic E-state index is -1.18. The van der Waals surface area contributed by atoms with Crippen molar-refractivity contribution in [1.82, 2.24) is 0 Å². The SMILES string of the molecule is CCCCCCCCCCCCSC(=O)CC1(CC(=O)/C=C(\O)CC2(C)SCCS2)OCCO1. The lowest BCUT2D eigenvalue weighted by atomic mass is 10.1. The minimum Gasteiger partial charge on any atom is -0.512 e. The molecule has 5 nitrogen and oxygen atoms in total. The number of carbonyl (C=O) groups is 2. The Morgan fingerprint density at radius 1 is 0.882 bits per heavy atom. The smallest absolute Gasteiger partial charge is 0.194 e. The fraction of sp³-hybridized carbons (Fsp3) is 0.846. The number of hydrogen-bond acceptors (Lipinski definition) is 8. The molecule has 0 spiro atoms. The van der Waals surface area contributed by atoms with Crippen LogP contribution in [-0.4, -0.2) is 56.3 Å². The molecule has 2 fully saturated rings. The van der Waals surface area contributed by atoms with Gasteiger partial charge in [0.05, 0.1) is 35.9 Å². The van der Waals surface area contributed by atoms with Crippen molar-refractivity contribution in [3.63, 3.8) is 0 Å². The van der Waals surface area contributed by atoms with Gasteiger partial charge < -0.3 is 14.6 Å². The molecule has 0 aromatic carbocycles. The molecule has 8 heteroatoms. The first-order valence-electron chi connectivity index (χ1n) is 13.0. The third-order valence-electron chi connectivity index (χ3n) is 6.16. The van der Waals surface area contributed by atoms with Crippen LogP contribution in [0.5, 0.6) is 0 Å². The van der Waals surface area contributed by atoms with Gasteiger partial charge in [0.15, 0.2) is 16.7 Å². The van der Waals surface area contributed by atoms with Crippen molar-refractivity contribution < 1.29 is 24.2 Å². The first kappa shape index (κ1) is 30.1. The van der Waals surface area contributed by atoms with Gasteiger partial charge in [-0.15, -0.1) is 23.5 Å². The number of rotatable bonds is 18. The van der Waals surface area contributed by atoms with Crippen molar-refractivity contribution in [2.45, 2.75) is 107 Å². The van der Waals surface area contributed by atoms with Gasteiger partial charge in [-0.25, -0.2) is 0 Å². The highest BCUT2D eigenvalue weighted by Gasteiger charge is 2.41. The molecule has 2 aliphatic rings. The van der Waals surface area contributed by atoms with Crippen LogP contribution in [0.4, 0.5) is 0 Å². The number of hydrogen-bond donors (Lipinski definition) is 1. The lowest BCUT2D eigenvalue weighted by molar-refractivity contribution is -0.171. The predicted molar refractivity (Wildman–Crippen MR) is 147 cm³/mol. The average Bonchev–Trinajstić information content (AvgIpc) is 3.40. The van der Waals surface area contributed by atoms with E-state index in [0.717, 1.165) is 30.1 Å². The highest BCUT2D eigenvalue weighted by atomic mass is 32.2. The minimum absolute atomic E-state index is 0.00472. The molecule has 0 radical (unpaired) electrons. The number of aliphatic hydroxyl groups excluding tert-OH is 1. The van der Waals surface area contributed by atoms with E-state index in [0.29, 0.717) is 19.6 Å². The lowest BCUT2D eigenvalue weighted by Gasteiger charge is -2.25. The largest absolute Gasteiger partial charge is 0.512 e. The van der Waals surface area contributed by atoms with Crippen LogP contribution in [0.1, 0.15) is 97.3 Å². The molecular formula is C26H44O5S3. The Morgan fingerprint density at radius 2 is 1.44 bits per heavy atom. The molecule has 0 aliphatic carbocycles. The van der Waals surface area contributed by atoms with Gasteiger partial charge in [-0.2, -0.15) is 0 Å². The summed E-state index contributed by atoms with van der Waals surface area (Å²) in [5, 5.41) is 10.3. The average molecular weight is 533 g/mol. The highest BCUT2D eigenvalue weighted by molar-refractivity contribution is 8.21.